The molecular formula is C13H21NO3S. The molecule has 5 heteroatoms. The Labute approximate surface area is 109 Å². The van der Waals surface area contributed by atoms with Crippen molar-refractivity contribution in [1.29, 1.82) is 0 Å². The van der Waals surface area contributed by atoms with Crippen LogP contribution in [0.2, 0.25) is 0 Å². The molecule has 1 N–H and O–H groups in total. The number of nitrogens with one attached hydrogen (secondary N) is 1. The number of benzene rings is 1. The van der Waals surface area contributed by atoms with Crippen molar-refractivity contribution in [2.24, 2.45) is 0 Å². The normalized spacial score (nSPS) is 11.6. The molecule has 0 saturated carbocycles. The van der Waals surface area contributed by atoms with Crippen LogP contribution in [-0.4, -0.2) is 21.6 Å². The van der Waals surface area contributed by atoms with E-state index in [2.05, 4.69) is 4.72 Å². The highest BCUT2D eigenvalue weighted by Gasteiger charge is 2.18. The van der Waals surface area contributed by atoms with Crippen LogP contribution in [0.25, 0.3) is 0 Å². The standard InChI is InChI=1S/C13H21NO3S/c1-5-7-14-18(15,16)13-9-12(17-6-2)10(3)8-11(13)4/h8-9,14H,5-7H2,1-4H3. The van der Waals surface area contributed by atoms with E-state index in [1.807, 2.05) is 26.8 Å². The fraction of sp³-hybridized carbons (Fsp3) is 0.538. The van der Waals surface area contributed by atoms with E-state index in [-0.39, 0.29) is 0 Å². The summed E-state index contributed by atoms with van der Waals surface area (Å²) >= 11 is 0. The quantitative estimate of drug-likeness (QED) is 0.864. The molecule has 0 aliphatic carbocycles. The lowest BCUT2D eigenvalue weighted by atomic mass is 10.1. The van der Waals surface area contributed by atoms with Gasteiger partial charge in [0.25, 0.3) is 0 Å². The lowest BCUT2D eigenvalue weighted by molar-refractivity contribution is 0.337. The molecule has 0 saturated heterocycles. The van der Waals surface area contributed by atoms with Gasteiger partial charge in [-0.3, -0.25) is 0 Å². The molecule has 0 aromatic heterocycles. The summed E-state index contributed by atoms with van der Waals surface area (Å²) in [6, 6.07) is 3.44. The maximum atomic E-state index is 12.1. The molecule has 0 unspecified atom stereocenters. The molecule has 4 nitrogen and oxygen atoms in total. The minimum atomic E-state index is -3.44. The van der Waals surface area contributed by atoms with Crippen LogP contribution < -0.4 is 9.46 Å². The Hall–Kier alpha value is -1.07. The predicted molar refractivity (Wildman–Crippen MR) is 72.6 cm³/mol. The predicted octanol–water partition coefficient (Wildman–Crippen LogP) is 2.39. The molecule has 0 atom stereocenters. The summed E-state index contributed by atoms with van der Waals surface area (Å²) in [5.41, 5.74) is 1.68. The van der Waals surface area contributed by atoms with Gasteiger partial charge in [-0.25, -0.2) is 13.1 Å². The van der Waals surface area contributed by atoms with Crippen LogP contribution in [0.5, 0.6) is 5.75 Å². The van der Waals surface area contributed by atoms with Crippen LogP contribution in [0.15, 0.2) is 17.0 Å². The minimum absolute atomic E-state index is 0.296. The van der Waals surface area contributed by atoms with E-state index in [4.69, 9.17) is 4.74 Å². The lowest BCUT2D eigenvalue weighted by Crippen LogP contribution is -2.25. The fourth-order valence-corrected chi connectivity index (χ4v) is 3.10. The lowest BCUT2D eigenvalue weighted by Gasteiger charge is -2.13. The van der Waals surface area contributed by atoms with Gasteiger partial charge in [0, 0.05) is 12.6 Å². The van der Waals surface area contributed by atoms with Crippen molar-refractivity contribution in [3.05, 3.63) is 23.3 Å². The third-order valence-corrected chi connectivity index (χ3v) is 4.21. The zero-order valence-corrected chi connectivity index (χ0v) is 12.2. The molecule has 1 aromatic rings. The van der Waals surface area contributed by atoms with Crippen LogP contribution in [0.1, 0.15) is 31.4 Å². The van der Waals surface area contributed by atoms with Crippen molar-refractivity contribution in [3.8, 4) is 5.75 Å². The van der Waals surface area contributed by atoms with Crippen LogP contribution >= 0.6 is 0 Å². The zero-order valence-electron chi connectivity index (χ0n) is 11.4. The number of hydrogen-bond acceptors (Lipinski definition) is 3. The minimum Gasteiger partial charge on any atom is -0.494 e. The largest absolute Gasteiger partial charge is 0.494 e. The molecule has 0 fully saturated rings. The summed E-state index contributed by atoms with van der Waals surface area (Å²) in [6.45, 7) is 8.47. The first-order valence-corrected chi connectivity index (χ1v) is 7.64. The molecule has 18 heavy (non-hydrogen) atoms. The first-order valence-electron chi connectivity index (χ1n) is 6.16. The van der Waals surface area contributed by atoms with Crippen molar-refractivity contribution in [2.45, 2.75) is 39.0 Å². The topological polar surface area (TPSA) is 55.4 Å². The Kier molecular flexibility index (Phi) is 5.16. The highest BCUT2D eigenvalue weighted by molar-refractivity contribution is 7.89. The van der Waals surface area contributed by atoms with E-state index in [9.17, 15) is 8.42 Å². The second-order valence-electron chi connectivity index (χ2n) is 4.21. The Morgan fingerprint density at radius 3 is 2.39 bits per heavy atom. The second kappa shape index (κ2) is 6.20. The zero-order chi connectivity index (χ0) is 13.8. The molecule has 0 aliphatic heterocycles. The molecular weight excluding hydrogens is 250 g/mol. The van der Waals surface area contributed by atoms with Crippen molar-refractivity contribution in [2.75, 3.05) is 13.2 Å². The Balaban J connectivity index is 3.19. The summed E-state index contributed by atoms with van der Waals surface area (Å²) in [6.07, 6.45) is 0.766. The Morgan fingerprint density at radius 1 is 1.17 bits per heavy atom. The smallest absolute Gasteiger partial charge is 0.240 e. The van der Waals surface area contributed by atoms with Gasteiger partial charge in [0.1, 0.15) is 5.75 Å². The van der Waals surface area contributed by atoms with Gasteiger partial charge in [-0.15, -0.1) is 0 Å². The van der Waals surface area contributed by atoms with E-state index >= 15 is 0 Å². The van der Waals surface area contributed by atoms with Gasteiger partial charge in [-0.05, 0) is 38.3 Å². The number of ether oxygens (including phenoxy) is 1. The van der Waals surface area contributed by atoms with Gasteiger partial charge in [-0.1, -0.05) is 13.0 Å². The molecule has 1 aromatic carbocycles. The van der Waals surface area contributed by atoms with Crippen molar-refractivity contribution >= 4 is 10.0 Å². The van der Waals surface area contributed by atoms with E-state index in [1.165, 1.54) is 0 Å². The highest BCUT2D eigenvalue weighted by atomic mass is 32.2. The van der Waals surface area contributed by atoms with E-state index in [1.54, 1.807) is 13.0 Å². The highest BCUT2D eigenvalue weighted by Crippen LogP contribution is 2.26. The monoisotopic (exact) mass is 271 g/mol. The SMILES string of the molecule is CCCNS(=O)(=O)c1cc(OCC)c(C)cc1C. The average molecular weight is 271 g/mol. The second-order valence-corrected chi connectivity index (χ2v) is 5.95. The summed E-state index contributed by atoms with van der Waals surface area (Å²) in [5, 5.41) is 0. The first kappa shape index (κ1) is 15.0. The van der Waals surface area contributed by atoms with Crippen molar-refractivity contribution in [1.82, 2.24) is 4.72 Å². The number of sulfonamides is 1. The van der Waals surface area contributed by atoms with Gasteiger partial charge in [-0.2, -0.15) is 0 Å². The van der Waals surface area contributed by atoms with E-state index < -0.39 is 10.0 Å². The third kappa shape index (κ3) is 3.46. The molecule has 0 aliphatic rings. The number of hydrogen-bond donors (Lipinski definition) is 1. The van der Waals surface area contributed by atoms with Crippen molar-refractivity contribution < 1.29 is 13.2 Å². The van der Waals surface area contributed by atoms with Crippen LogP contribution in [0.4, 0.5) is 0 Å². The summed E-state index contributed by atoms with van der Waals surface area (Å²) in [4.78, 5) is 0.296. The molecule has 0 spiro atoms. The summed E-state index contributed by atoms with van der Waals surface area (Å²) < 4.78 is 32.2. The molecule has 102 valence electrons. The fourth-order valence-electron chi connectivity index (χ4n) is 1.73. The van der Waals surface area contributed by atoms with Gasteiger partial charge in [0.15, 0.2) is 0 Å². The molecule has 0 bridgehead atoms. The molecule has 0 radical (unpaired) electrons. The Bertz CT molecular complexity index is 509. The maximum Gasteiger partial charge on any atom is 0.240 e. The van der Waals surface area contributed by atoms with Crippen LogP contribution in [0.3, 0.4) is 0 Å². The average Bonchev–Trinajstić information content (AvgIpc) is 2.30. The van der Waals surface area contributed by atoms with Gasteiger partial charge in [0.2, 0.25) is 10.0 Å². The maximum absolute atomic E-state index is 12.1. The molecule has 1 rings (SSSR count). The first-order chi connectivity index (χ1) is 8.42. The third-order valence-electron chi connectivity index (χ3n) is 2.60. The van der Waals surface area contributed by atoms with E-state index in [0.717, 1.165) is 17.5 Å². The van der Waals surface area contributed by atoms with E-state index in [0.29, 0.717) is 23.8 Å². The summed E-state index contributed by atoms with van der Waals surface area (Å²) in [7, 11) is -3.44. The van der Waals surface area contributed by atoms with Gasteiger partial charge < -0.3 is 4.74 Å². The molecule has 0 amide bonds. The van der Waals surface area contributed by atoms with Crippen LogP contribution in [0, 0.1) is 13.8 Å². The van der Waals surface area contributed by atoms with Gasteiger partial charge in [0.05, 0.1) is 11.5 Å². The van der Waals surface area contributed by atoms with Crippen LogP contribution in [-0.2, 0) is 10.0 Å². The van der Waals surface area contributed by atoms with Crippen molar-refractivity contribution in [3.63, 3.8) is 0 Å². The number of rotatable bonds is 6. The number of aryl methyl sites for hydroxylation is 2. The Morgan fingerprint density at radius 2 is 1.83 bits per heavy atom. The summed E-state index contributed by atoms with van der Waals surface area (Å²) in [5.74, 6) is 0.625. The van der Waals surface area contributed by atoms with Gasteiger partial charge >= 0.3 is 0 Å². The molecule has 0 heterocycles.